The Balaban J connectivity index is 2.44. The Kier molecular flexibility index (Phi) is 5.03. The molecule has 0 saturated carbocycles. The van der Waals surface area contributed by atoms with Crippen molar-refractivity contribution in [3.05, 3.63) is 45.9 Å². The second-order valence-electron chi connectivity index (χ2n) is 4.78. The molecule has 2 rings (SSSR count). The molecular formula is C14H9F6N3S. The van der Waals surface area contributed by atoms with Gasteiger partial charge in [-0.1, -0.05) is 0 Å². The van der Waals surface area contributed by atoms with Gasteiger partial charge in [0, 0.05) is 16.8 Å². The van der Waals surface area contributed by atoms with Gasteiger partial charge >= 0.3 is 12.4 Å². The molecule has 0 fully saturated rings. The number of alkyl halides is 6. The number of nitriles is 1. The molecule has 0 radical (unpaired) electrons. The third-order valence-electron chi connectivity index (χ3n) is 2.99. The number of anilines is 1. The van der Waals surface area contributed by atoms with Crippen molar-refractivity contribution in [3.63, 3.8) is 0 Å². The van der Waals surface area contributed by atoms with E-state index in [4.69, 9.17) is 5.26 Å². The molecule has 1 aromatic heterocycles. The molecule has 24 heavy (non-hydrogen) atoms. The lowest BCUT2D eigenvalue weighted by molar-refractivity contribution is -0.137. The van der Waals surface area contributed by atoms with Gasteiger partial charge in [-0.3, -0.25) is 4.98 Å². The van der Waals surface area contributed by atoms with Crippen LogP contribution in [0, 0.1) is 11.3 Å². The van der Waals surface area contributed by atoms with Crippen LogP contribution < -0.4 is 4.90 Å². The summed E-state index contributed by atoms with van der Waals surface area (Å²) in [5.41, 5.74) is -0.761. The van der Waals surface area contributed by atoms with Crippen LogP contribution in [-0.4, -0.2) is 17.7 Å². The molecule has 2 aromatic rings. The van der Waals surface area contributed by atoms with Gasteiger partial charge in [0.05, 0.1) is 29.3 Å². The molecule has 0 bridgehead atoms. The number of hydrogen-bond acceptors (Lipinski definition) is 4. The lowest BCUT2D eigenvalue weighted by atomic mass is 10.1. The third-order valence-corrected chi connectivity index (χ3v) is 3.76. The molecule has 0 aliphatic carbocycles. The number of thiazole rings is 1. The van der Waals surface area contributed by atoms with Gasteiger partial charge in [-0.2, -0.15) is 31.6 Å². The van der Waals surface area contributed by atoms with Crippen molar-refractivity contribution >= 4 is 17.0 Å². The predicted molar refractivity (Wildman–Crippen MR) is 75.4 cm³/mol. The van der Waals surface area contributed by atoms with Crippen LogP contribution >= 0.6 is 11.3 Å². The second-order valence-corrected chi connectivity index (χ2v) is 5.75. The number of halogens is 6. The second kappa shape index (κ2) is 6.68. The van der Waals surface area contributed by atoms with Crippen molar-refractivity contribution in [2.75, 3.05) is 11.4 Å². The number of rotatable bonds is 4. The van der Waals surface area contributed by atoms with Gasteiger partial charge in [-0.15, -0.1) is 11.3 Å². The topological polar surface area (TPSA) is 39.9 Å². The normalized spacial score (nSPS) is 12.0. The summed E-state index contributed by atoms with van der Waals surface area (Å²) >= 11 is 1.09. The maximum atomic E-state index is 13.0. The highest BCUT2D eigenvalue weighted by Crippen LogP contribution is 2.35. The van der Waals surface area contributed by atoms with Gasteiger partial charge < -0.3 is 4.90 Å². The monoisotopic (exact) mass is 365 g/mol. The minimum absolute atomic E-state index is 0.243. The molecule has 0 unspecified atom stereocenters. The van der Waals surface area contributed by atoms with Crippen molar-refractivity contribution in [2.24, 2.45) is 0 Å². The van der Waals surface area contributed by atoms with Crippen molar-refractivity contribution in [1.82, 2.24) is 4.98 Å². The predicted octanol–water partition coefficient (Wildman–Crippen LogP) is 4.60. The third kappa shape index (κ3) is 4.61. The summed E-state index contributed by atoms with van der Waals surface area (Å²) in [7, 11) is 0. The van der Waals surface area contributed by atoms with Gasteiger partial charge in [0.15, 0.2) is 0 Å². The first-order valence-electron chi connectivity index (χ1n) is 6.40. The molecular weight excluding hydrogens is 356 g/mol. The number of hydrogen-bond donors (Lipinski definition) is 0. The molecule has 1 aromatic carbocycles. The first kappa shape index (κ1) is 18.1. The minimum Gasteiger partial charge on any atom is -0.357 e. The lowest BCUT2D eigenvalue weighted by Crippen LogP contribution is -2.33. The smallest absolute Gasteiger partial charge is 0.357 e. The summed E-state index contributed by atoms with van der Waals surface area (Å²) in [6.07, 6.45) is -8.09. The summed E-state index contributed by atoms with van der Waals surface area (Å²) in [5, 5.41) is 8.75. The van der Waals surface area contributed by atoms with Crippen molar-refractivity contribution < 1.29 is 26.3 Å². The summed E-state index contributed by atoms with van der Waals surface area (Å²) in [6, 6.07) is 3.89. The highest BCUT2D eigenvalue weighted by molar-refractivity contribution is 7.09. The molecule has 1 heterocycles. The molecule has 0 spiro atoms. The first-order chi connectivity index (χ1) is 11.1. The zero-order chi connectivity index (χ0) is 18.0. The van der Waals surface area contributed by atoms with Crippen LogP contribution in [0.4, 0.5) is 32.0 Å². The first-order valence-corrected chi connectivity index (χ1v) is 7.28. The van der Waals surface area contributed by atoms with Crippen LogP contribution in [0.25, 0.3) is 0 Å². The van der Waals surface area contributed by atoms with E-state index in [1.54, 1.807) is 0 Å². The average Bonchev–Trinajstić information content (AvgIpc) is 2.96. The van der Waals surface area contributed by atoms with E-state index >= 15 is 0 Å². The van der Waals surface area contributed by atoms with Crippen molar-refractivity contribution in [2.45, 2.75) is 18.9 Å². The zero-order valence-corrected chi connectivity index (χ0v) is 12.6. The van der Waals surface area contributed by atoms with Crippen molar-refractivity contribution in [3.8, 4) is 6.07 Å². The van der Waals surface area contributed by atoms with Crippen LogP contribution in [0.2, 0.25) is 0 Å². The van der Waals surface area contributed by atoms with Crippen molar-refractivity contribution in [1.29, 1.82) is 5.26 Å². The maximum absolute atomic E-state index is 13.0. The Bertz CT molecular complexity index is 730. The SMILES string of the molecule is N#Cc1ccc(N(Cc2cncs2)CC(F)(F)F)cc1C(F)(F)F. The van der Waals surface area contributed by atoms with E-state index in [0.29, 0.717) is 10.9 Å². The molecule has 10 heteroatoms. The van der Waals surface area contributed by atoms with E-state index in [1.807, 2.05) is 0 Å². The Morgan fingerprint density at radius 3 is 2.38 bits per heavy atom. The summed E-state index contributed by atoms with van der Waals surface area (Å²) in [6.45, 7) is -1.67. The molecule has 0 amide bonds. The van der Waals surface area contributed by atoms with Gasteiger partial charge in [0.2, 0.25) is 0 Å². The Hall–Kier alpha value is -2.28. The van der Waals surface area contributed by atoms with Crippen LogP contribution in [0.3, 0.4) is 0 Å². The van der Waals surface area contributed by atoms with Gasteiger partial charge in [-0.25, -0.2) is 0 Å². The molecule has 0 N–H and O–H groups in total. The molecule has 0 saturated heterocycles. The average molecular weight is 365 g/mol. The molecule has 0 aliphatic rings. The Morgan fingerprint density at radius 1 is 1.17 bits per heavy atom. The quantitative estimate of drug-likeness (QED) is 0.744. The fourth-order valence-corrected chi connectivity index (χ4v) is 2.63. The largest absolute Gasteiger partial charge is 0.417 e. The van der Waals surface area contributed by atoms with Crippen LogP contribution in [0.15, 0.2) is 29.9 Å². The fourth-order valence-electron chi connectivity index (χ4n) is 2.02. The van der Waals surface area contributed by atoms with Crippen LogP contribution in [0.1, 0.15) is 16.0 Å². The highest BCUT2D eigenvalue weighted by atomic mass is 32.1. The Morgan fingerprint density at radius 2 is 1.88 bits per heavy atom. The van der Waals surface area contributed by atoms with Crippen LogP contribution in [-0.2, 0) is 12.7 Å². The minimum atomic E-state index is -4.84. The summed E-state index contributed by atoms with van der Waals surface area (Å²) < 4.78 is 77.3. The highest BCUT2D eigenvalue weighted by Gasteiger charge is 2.36. The fraction of sp³-hybridized carbons (Fsp3) is 0.286. The van der Waals surface area contributed by atoms with Gasteiger partial charge in [0.1, 0.15) is 6.54 Å². The number of nitrogens with zero attached hydrogens (tertiary/aromatic N) is 3. The number of benzene rings is 1. The maximum Gasteiger partial charge on any atom is 0.417 e. The molecule has 3 nitrogen and oxygen atoms in total. The van der Waals surface area contributed by atoms with Gasteiger partial charge in [-0.05, 0) is 18.2 Å². The molecule has 128 valence electrons. The lowest BCUT2D eigenvalue weighted by Gasteiger charge is -2.26. The van der Waals surface area contributed by atoms with E-state index in [2.05, 4.69) is 4.98 Å². The standard InChI is InChI=1S/C14H9F6N3S/c15-13(16,17)7-23(6-11-5-22-8-24-11)10-2-1-9(4-21)12(3-10)14(18,19)20/h1-3,5,8H,6-7H2. The van der Waals surface area contributed by atoms with E-state index < -0.39 is 30.0 Å². The van der Waals surface area contributed by atoms with E-state index in [-0.39, 0.29) is 12.2 Å². The zero-order valence-electron chi connectivity index (χ0n) is 11.8. The van der Waals surface area contributed by atoms with E-state index in [9.17, 15) is 26.3 Å². The molecule has 0 atom stereocenters. The van der Waals surface area contributed by atoms with E-state index in [0.717, 1.165) is 28.4 Å². The summed E-state index contributed by atoms with van der Waals surface area (Å²) in [4.78, 5) is 4.97. The van der Waals surface area contributed by atoms with E-state index in [1.165, 1.54) is 17.8 Å². The Labute approximate surface area is 136 Å². The number of aromatic nitrogens is 1. The van der Waals surface area contributed by atoms with Crippen LogP contribution in [0.5, 0.6) is 0 Å². The molecule has 0 aliphatic heterocycles. The van der Waals surface area contributed by atoms with Gasteiger partial charge in [0.25, 0.3) is 0 Å². The summed E-state index contributed by atoms with van der Waals surface area (Å²) in [5.74, 6) is 0.